The normalized spacial score (nSPS) is 17.4. The van der Waals surface area contributed by atoms with Gasteiger partial charge >= 0.3 is 0 Å². The molecule has 1 aromatic heterocycles. The largest absolute Gasteiger partial charge is 0.349 e. The Bertz CT molecular complexity index is 828. The van der Waals surface area contributed by atoms with E-state index in [1.807, 2.05) is 0 Å². The Balaban J connectivity index is 1.34. The molecule has 1 fully saturated rings. The average molecular weight is 385 g/mol. The summed E-state index contributed by atoms with van der Waals surface area (Å²) in [6.07, 6.45) is 7.34. The molecule has 1 heterocycles. The molecule has 1 atom stereocenters. The number of carbonyl (C=O) groups excluding carboxylic acids is 1. The summed E-state index contributed by atoms with van der Waals surface area (Å²) >= 11 is 1.48. The molecule has 0 unspecified atom stereocenters. The standard InChI is InChI=1S/C21H28N4OS/c1-3-25-20(16-9-10-16)23-24-21(25)27-13-19(26)22-14(2)17-11-8-15-6-4-5-7-18(15)12-17/h8,11-12,14,16H,3-7,9-10,13H2,1-2H3,(H,22,26)/t14-/m0/s1. The smallest absolute Gasteiger partial charge is 0.230 e. The van der Waals surface area contributed by atoms with Crippen molar-refractivity contribution in [1.29, 1.82) is 0 Å². The molecule has 1 amide bonds. The number of rotatable bonds is 7. The minimum Gasteiger partial charge on any atom is -0.349 e. The van der Waals surface area contributed by atoms with Gasteiger partial charge in [-0.25, -0.2) is 0 Å². The molecule has 2 aliphatic rings. The van der Waals surface area contributed by atoms with E-state index in [0.717, 1.165) is 23.9 Å². The highest BCUT2D eigenvalue weighted by atomic mass is 32.2. The third-order valence-corrected chi connectivity index (χ3v) is 6.55. The van der Waals surface area contributed by atoms with Gasteiger partial charge in [0, 0.05) is 12.5 Å². The monoisotopic (exact) mass is 384 g/mol. The van der Waals surface area contributed by atoms with Gasteiger partial charge in [-0.15, -0.1) is 10.2 Å². The number of nitrogens with zero attached hydrogens (tertiary/aromatic N) is 3. The van der Waals surface area contributed by atoms with Crippen molar-refractivity contribution in [3.8, 4) is 0 Å². The second kappa shape index (κ2) is 8.05. The number of fused-ring (bicyclic) bond motifs is 1. The molecular weight excluding hydrogens is 356 g/mol. The van der Waals surface area contributed by atoms with Crippen molar-refractivity contribution in [2.45, 2.75) is 76.0 Å². The summed E-state index contributed by atoms with van der Waals surface area (Å²) in [5.41, 5.74) is 4.13. The summed E-state index contributed by atoms with van der Waals surface area (Å²) in [5.74, 6) is 2.08. The molecule has 4 rings (SSSR count). The zero-order valence-electron chi connectivity index (χ0n) is 16.2. The molecule has 1 aromatic carbocycles. The van der Waals surface area contributed by atoms with Crippen molar-refractivity contribution in [1.82, 2.24) is 20.1 Å². The maximum absolute atomic E-state index is 12.5. The lowest BCUT2D eigenvalue weighted by Crippen LogP contribution is -2.28. The van der Waals surface area contributed by atoms with E-state index in [9.17, 15) is 4.79 Å². The number of hydrogen-bond acceptors (Lipinski definition) is 4. The lowest BCUT2D eigenvalue weighted by Gasteiger charge is -2.20. The van der Waals surface area contributed by atoms with Gasteiger partial charge in [0.1, 0.15) is 5.82 Å². The molecule has 2 aliphatic carbocycles. The minimum absolute atomic E-state index is 0.0244. The van der Waals surface area contributed by atoms with Crippen LogP contribution < -0.4 is 5.32 Å². The van der Waals surface area contributed by atoms with Gasteiger partial charge in [-0.3, -0.25) is 4.79 Å². The van der Waals surface area contributed by atoms with Crippen molar-refractivity contribution in [3.05, 3.63) is 40.7 Å². The molecule has 144 valence electrons. The highest BCUT2D eigenvalue weighted by Crippen LogP contribution is 2.40. The van der Waals surface area contributed by atoms with Crippen molar-refractivity contribution in [2.75, 3.05) is 5.75 Å². The van der Waals surface area contributed by atoms with Crippen LogP contribution in [-0.4, -0.2) is 26.4 Å². The number of thioether (sulfide) groups is 1. The minimum atomic E-state index is 0.0244. The molecule has 2 aromatic rings. The second-order valence-corrected chi connectivity index (χ2v) is 8.61. The zero-order valence-corrected chi connectivity index (χ0v) is 17.0. The first-order chi connectivity index (χ1) is 13.2. The predicted molar refractivity (Wildman–Crippen MR) is 108 cm³/mol. The molecule has 1 saturated carbocycles. The molecule has 0 aliphatic heterocycles. The lowest BCUT2D eigenvalue weighted by atomic mass is 9.89. The van der Waals surface area contributed by atoms with E-state index >= 15 is 0 Å². The van der Waals surface area contributed by atoms with Gasteiger partial charge in [0.2, 0.25) is 5.91 Å². The lowest BCUT2D eigenvalue weighted by molar-refractivity contribution is -0.119. The number of nitrogens with one attached hydrogen (secondary N) is 1. The molecule has 0 spiro atoms. The summed E-state index contributed by atoms with van der Waals surface area (Å²) < 4.78 is 2.16. The van der Waals surface area contributed by atoms with Gasteiger partial charge in [-0.05, 0) is 69.1 Å². The first kappa shape index (κ1) is 18.5. The second-order valence-electron chi connectivity index (χ2n) is 7.67. The molecule has 6 heteroatoms. The van der Waals surface area contributed by atoms with Crippen LogP contribution in [0.15, 0.2) is 23.4 Å². The Kier molecular flexibility index (Phi) is 5.53. The van der Waals surface area contributed by atoms with Gasteiger partial charge in [0.05, 0.1) is 11.8 Å². The highest BCUT2D eigenvalue weighted by Gasteiger charge is 2.30. The van der Waals surface area contributed by atoms with Crippen LogP contribution in [0.2, 0.25) is 0 Å². The molecule has 0 bridgehead atoms. The van der Waals surface area contributed by atoms with E-state index < -0.39 is 0 Å². The molecule has 0 radical (unpaired) electrons. The molecule has 5 nitrogen and oxygen atoms in total. The first-order valence-corrected chi connectivity index (χ1v) is 11.1. The van der Waals surface area contributed by atoms with Crippen molar-refractivity contribution >= 4 is 17.7 Å². The molecule has 1 N–H and O–H groups in total. The van der Waals surface area contributed by atoms with E-state index in [1.165, 1.54) is 60.6 Å². The maximum Gasteiger partial charge on any atom is 0.230 e. The zero-order chi connectivity index (χ0) is 18.8. The van der Waals surface area contributed by atoms with Crippen molar-refractivity contribution in [2.24, 2.45) is 0 Å². The number of amides is 1. The Morgan fingerprint density at radius 3 is 2.78 bits per heavy atom. The number of hydrogen-bond donors (Lipinski definition) is 1. The topological polar surface area (TPSA) is 59.8 Å². The third kappa shape index (κ3) is 4.21. The van der Waals surface area contributed by atoms with Crippen molar-refractivity contribution < 1.29 is 4.79 Å². The van der Waals surface area contributed by atoms with E-state index in [0.29, 0.717) is 11.7 Å². The van der Waals surface area contributed by atoms with E-state index in [-0.39, 0.29) is 11.9 Å². The van der Waals surface area contributed by atoms with Crippen LogP contribution in [0.1, 0.15) is 74.0 Å². The van der Waals surface area contributed by atoms with Crippen molar-refractivity contribution in [3.63, 3.8) is 0 Å². The van der Waals surface area contributed by atoms with Crippen LogP contribution in [0.4, 0.5) is 0 Å². The van der Waals surface area contributed by atoms with Gasteiger partial charge in [0.15, 0.2) is 5.16 Å². The molecule has 27 heavy (non-hydrogen) atoms. The van der Waals surface area contributed by atoms with E-state index in [4.69, 9.17) is 0 Å². The van der Waals surface area contributed by atoms with Gasteiger partial charge in [-0.1, -0.05) is 30.0 Å². The van der Waals surface area contributed by atoms with Crippen LogP contribution in [-0.2, 0) is 24.2 Å². The Hall–Kier alpha value is -1.82. The predicted octanol–water partition coefficient (Wildman–Crippen LogP) is 4.02. The Morgan fingerprint density at radius 1 is 1.26 bits per heavy atom. The number of aryl methyl sites for hydroxylation is 2. The summed E-state index contributed by atoms with van der Waals surface area (Å²) in [6.45, 7) is 5.03. The fourth-order valence-corrected chi connectivity index (χ4v) is 4.69. The number of aromatic nitrogens is 3. The third-order valence-electron chi connectivity index (χ3n) is 5.59. The summed E-state index contributed by atoms with van der Waals surface area (Å²) in [5, 5.41) is 12.6. The van der Waals surface area contributed by atoms with Crippen LogP contribution in [0.5, 0.6) is 0 Å². The van der Waals surface area contributed by atoms with Gasteiger partial charge in [-0.2, -0.15) is 0 Å². The number of benzene rings is 1. The highest BCUT2D eigenvalue weighted by molar-refractivity contribution is 7.99. The molecule has 0 saturated heterocycles. The fraction of sp³-hybridized carbons (Fsp3) is 0.571. The summed E-state index contributed by atoms with van der Waals surface area (Å²) in [4.78, 5) is 12.5. The summed E-state index contributed by atoms with van der Waals surface area (Å²) in [7, 11) is 0. The Morgan fingerprint density at radius 2 is 2.04 bits per heavy atom. The average Bonchev–Trinajstić information content (AvgIpc) is 3.45. The van der Waals surface area contributed by atoms with Crippen LogP contribution >= 0.6 is 11.8 Å². The van der Waals surface area contributed by atoms with E-state index in [2.05, 4.69) is 52.1 Å². The quantitative estimate of drug-likeness (QED) is 0.733. The Labute approximate surface area is 165 Å². The van der Waals surface area contributed by atoms with E-state index in [1.54, 1.807) is 0 Å². The number of carbonyl (C=O) groups is 1. The van der Waals surface area contributed by atoms with Crippen LogP contribution in [0.3, 0.4) is 0 Å². The van der Waals surface area contributed by atoms with Crippen LogP contribution in [0.25, 0.3) is 0 Å². The van der Waals surface area contributed by atoms with Crippen LogP contribution in [0, 0.1) is 0 Å². The first-order valence-electron chi connectivity index (χ1n) is 10.1. The SMILES string of the molecule is CCn1c(SCC(=O)N[C@@H](C)c2ccc3c(c2)CCCC3)nnc1C1CC1. The summed E-state index contributed by atoms with van der Waals surface area (Å²) in [6, 6.07) is 6.71. The molecular formula is C21H28N4OS. The fourth-order valence-electron chi connectivity index (χ4n) is 3.87. The van der Waals surface area contributed by atoms with Gasteiger partial charge in [0.25, 0.3) is 0 Å². The maximum atomic E-state index is 12.5. The van der Waals surface area contributed by atoms with Gasteiger partial charge < -0.3 is 9.88 Å².